The number of fused-ring (bicyclic) bond motifs is 1. The number of carbonyl (C=O) groups excluding carboxylic acids is 1. The van der Waals surface area contributed by atoms with Crippen LogP contribution in [-0.4, -0.2) is 63.1 Å². The van der Waals surface area contributed by atoms with E-state index in [1.165, 1.54) is 0 Å². The standard InChI is InChI=1S/C27H32N6O3S2/c1-4-32(5-2)18(3)8-11-24(34)19-15-23(29-26(16-19)31-38(35,36)20-9-10-20)21-17-28-33-13-12-22(30-27(21)33)25-7-6-14-37-25/h6-7,12-18,20H,4-5,8-11H2,1-3H3,(H,29,31)/t18-/m0/s1. The first-order chi connectivity index (χ1) is 18.3. The van der Waals surface area contributed by atoms with Crippen LogP contribution in [0.5, 0.6) is 0 Å². The minimum Gasteiger partial charge on any atom is -0.301 e. The first-order valence-electron chi connectivity index (χ1n) is 13.0. The Balaban J connectivity index is 1.51. The van der Waals surface area contributed by atoms with Crippen LogP contribution in [0, 0.1) is 0 Å². The predicted octanol–water partition coefficient (Wildman–Crippen LogP) is 5.12. The van der Waals surface area contributed by atoms with Gasteiger partial charge < -0.3 is 4.90 Å². The fraction of sp³-hybridized carbons (Fsp3) is 0.407. The maximum atomic E-state index is 13.3. The van der Waals surface area contributed by atoms with Crippen molar-refractivity contribution in [1.82, 2.24) is 24.5 Å². The van der Waals surface area contributed by atoms with Gasteiger partial charge in [0.25, 0.3) is 0 Å². The summed E-state index contributed by atoms with van der Waals surface area (Å²) in [4.78, 5) is 26.1. The second-order valence-electron chi connectivity index (χ2n) is 9.62. The smallest absolute Gasteiger partial charge is 0.236 e. The molecule has 0 spiro atoms. The van der Waals surface area contributed by atoms with E-state index in [9.17, 15) is 13.2 Å². The van der Waals surface area contributed by atoms with Crippen molar-refractivity contribution in [2.75, 3.05) is 17.8 Å². The number of anilines is 1. The van der Waals surface area contributed by atoms with Crippen LogP contribution in [0.25, 0.3) is 27.5 Å². The van der Waals surface area contributed by atoms with Gasteiger partial charge in [-0.3, -0.25) is 9.52 Å². The van der Waals surface area contributed by atoms with Gasteiger partial charge in [0.05, 0.1) is 33.3 Å². The van der Waals surface area contributed by atoms with Crippen LogP contribution in [-0.2, 0) is 10.0 Å². The molecule has 1 aliphatic rings. The van der Waals surface area contributed by atoms with Crippen molar-refractivity contribution in [2.45, 2.75) is 57.7 Å². The fourth-order valence-electron chi connectivity index (χ4n) is 4.61. The number of hydrogen-bond acceptors (Lipinski definition) is 8. The molecule has 1 fully saturated rings. The van der Waals surface area contributed by atoms with Gasteiger partial charge in [0.15, 0.2) is 11.4 Å². The van der Waals surface area contributed by atoms with Gasteiger partial charge >= 0.3 is 0 Å². The number of pyridine rings is 1. The SMILES string of the molecule is CCN(CC)[C@@H](C)CCC(=O)c1cc(NS(=O)(=O)C2CC2)nc(-c2cnn3ccc(-c4cccs4)nc23)c1. The highest BCUT2D eigenvalue weighted by Crippen LogP contribution is 2.32. The number of nitrogens with one attached hydrogen (secondary N) is 1. The lowest BCUT2D eigenvalue weighted by atomic mass is 10.0. The van der Waals surface area contributed by atoms with Gasteiger partial charge in [0, 0.05) is 24.2 Å². The minimum atomic E-state index is -3.56. The molecule has 0 radical (unpaired) electrons. The molecule has 0 unspecified atom stereocenters. The van der Waals surface area contributed by atoms with Crippen molar-refractivity contribution in [3.05, 3.63) is 53.7 Å². The van der Waals surface area contributed by atoms with E-state index in [0.29, 0.717) is 48.2 Å². The van der Waals surface area contributed by atoms with E-state index in [0.717, 1.165) is 23.7 Å². The van der Waals surface area contributed by atoms with Crippen molar-refractivity contribution in [2.24, 2.45) is 0 Å². The average molecular weight is 553 g/mol. The van der Waals surface area contributed by atoms with Crippen LogP contribution in [0.1, 0.15) is 56.8 Å². The zero-order valence-corrected chi connectivity index (χ0v) is 23.4. The molecule has 5 rings (SSSR count). The number of sulfonamides is 1. The van der Waals surface area contributed by atoms with Gasteiger partial charge in [-0.05, 0) is 68.9 Å². The normalized spacial score (nSPS) is 14.7. The van der Waals surface area contributed by atoms with Crippen LogP contribution in [0.3, 0.4) is 0 Å². The Bertz CT molecular complexity index is 1540. The number of rotatable bonds is 12. The predicted molar refractivity (Wildman–Crippen MR) is 151 cm³/mol. The van der Waals surface area contributed by atoms with Crippen LogP contribution in [0.4, 0.5) is 5.82 Å². The Morgan fingerprint density at radius 1 is 1.18 bits per heavy atom. The van der Waals surface area contributed by atoms with Gasteiger partial charge in [-0.15, -0.1) is 11.3 Å². The summed E-state index contributed by atoms with van der Waals surface area (Å²) in [7, 11) is -3.56. The fourth-order valence-corrected chi connectivity index (χ4v) is 6.63. The van der Waals surface area contributed by atoms with E-state index in [-0.39, 0.29) is 17.6 Å². The molecule has 38 heavy (non-hydrogen) atoms. The number of aromatic nitrogens is 4. The summed E-state index contributed by atoms with van der Waals surface area (Å²) >= 11 is 1.59. The van der Waals surface area contributed by atoms with Gasteiger partial charge in [-0.2, -0.15) is 5.10 Å². The number of carbonyl (C=O) groups is 1. The molecule has 9 nitrogen and oxygen atoms in total. The third kappa shape index (κ3) is 5.64. The summed E-state index contributed by atoms with van der Waals surface area (Å²) in [6, 6.07) is 9.40. The van der Waals surface area contributed by atoms with Gasteiger partial charge in [-0.1, -0.05) is 19.9 Å². The first-order valence-corrected chi connectivity index (χ1v) is 15.4. The zero-order valence-electron chi connectivity index (χ0n) is 21.8. The largest absolute Gasteiger partial charge is 0.301 e. The molecular weight excluding hydrogens is 520 g/mol. The quantitative estimate of drug-likeness (QED) is 0.243. The van der Waals surface area contributed by atoms with Crippen molar-refractivity contribution < 1.29 is 13.2 Å². The number of thiophene rings is 1. The van der Waals surface area contributed by atoms with E-state index in [1.807, 2.05) is 29.8 Å². The molecule has 0 amide bonds. The summed E-state index contributed by atoms with van der Waals surface area (Å²) < 4.78 is 29.7. The Kier molecular flexibility index (Phi) is 7.60. The Hall–Kier alpha value is -3.15. The maximum Gasteiger partial charge on any atom is 0.236 e. The third-order valence-electron chi connectivity index (χ3n) is 7.00. The molecule has 4 aromatic heterocycles. The number of hydrogen-bond donors (Lipinski definition) is 1. The Labute approximate surface area is 227 Å². The second-order valence-corrected chi connectivity index (χ2v) is 12.5. The molecule has 4 heterocycles. The highest BCUT2D eigenvalue weighted by atomic mass is 32.2. The lowest BCUT2D eigenvalue weighted by Gasteiger charge is -2.26. The molecule has 11 heteroatoms. The molecule has 1 N–H and O–H groups in total. The average Bonchev–Trinajstić information content (AvgIpc) is 3.48. The van der Waals surface area contributed by atoms with Crippen molar-refractivity contribution >= 4 is 38.6 Å². The number of nitrogens with zero attached hydrogens (tertiary/aromatic N) is 5. The van der Waals surface area contributed by atoms with Gasteiger partial charge in [0.2, 0.25) is 10.0 Å². The van der Waals surface area contributed by atoms with E-state index >= 15 is 0 Å². The first kappa shape index (κ1) is 26.5. The van der Waals surface area contributed by atoms with Gasteiger partial charge in [-0.25, -0.2) is 22.9 Å². The highest BCUT2D eigenvalue weighted by Gasteiger charge is 2.36. The molecule has 1 atom stereocenters. The molecule has 0 aromatic carbocycles. The molecule has 200 valence electrons. The van der Waals surface area contributed by atoms with Crippen LogP contribution in [0.15, 0.2) is 48.1 Å². The van der Waals surface area contributed by atoms with Crippen LogP contribution in [0.2, 0.25) is 0 Å². The van der Waals surface area contributed by atoms with Crippen molar-refractivity contribution in [3.63, 3.8) is 0 Å². The molecular formula is C27H32N6O3S2. The van der Waals surface area contributed by atoms with E-state index in [4.69, 9.17) is 4.98 Å². The molecule has 0 aliphatic heterocycles. The topological polar surface area (TPSA) is 110 Å². The summed E-state index contributed by atoms with van der Waals surface area (Å²) in [5.74, 6) is 0.0894. The maximum absolute atomic E-state index is 13.3. The second kappa shape index (κ2) is 10.9. The van der Waals surface area contributed by atoms with E-state index < -0.39 is 15.3 Å². The molecule has 1 aliphatic carbocycles. The summed E-state index contributed by atoms with van der Waals surface area (Å²) in [5.41, 5.74) is 2.89. The Morgan fingerprint density at radius 2 is 1.97 bits per heavy atom. The third-order valence-corrected chi connectivity index (χ3v) is 9.74. The molecule has 1 saturated carbocycles. The Morgan fingerprint density at radius 3 is 2.66 bits per heavy atom. The van der Waals surface area contributed by atoms with Crippen molar-refractivity contribution in [1.29, 1.82) is 0 Å². The van der Waals surface area contributed by atoms with Crippen LogP contribution >= 0.6 is 11.3 Å². The number of ketones is 1. The summed E-state index contributed by atoms with van der Waals surface area (Å²) in [6.07, 6.45) is 5.82. The van der Waals surface area contributed by atoms with E-state index in [1.54, 1.807) is 34.2 Å². The monoisotopic (exact) mass is 552 g/mol. The van der Waals surface area contributed by atoms with Crippen molar-refractivity contribution in [3.8, 4) is 21.8 Å². The van der Waals surface area contributed by atoms with Gasteiger partial charge in [0.1, 0.15) is 5.82 Å². The highest BCUT2D eigenvalue weighted by molar-refractivity contribution is 7.93. The lowest BCUT2D eigenvalue weighted by molar-refractivity contribution is 0.0964. The summed E-state index contributed by atoms with van der Waals surface area (Å²) in [5, 5.41) is 6.01. The molecule has 0 saturated heterocycles. The molecule has 0 bridgehead atoms. The van der Waals surface area contributed by atoms with Crippen LogP contribution < -0.4 is 4.72 Å². The molecule has 4 aromatic rings. The minimum absolute atomic E-state index is 0.0526. The summed E-state index contributed by atoms with van der Waals surface area (Å²) in [6.45, 7) is 8.21. The van der Waals surface area contributed by atoms with E-state index in [2.05, 4.69) is 40.5 Å². The zero-order chi connectivity index (χ0) is 26.9. The lowest BCUT2D eigenvalue weighted by Crippen LogP contribution is -2.33. The number of Topliss-reactive ketones (excluding diaryl/α,β-unsaturated/α-hetero) is 1.